The molecule has 1 atom stereocenters. The van der Waals surface area contributed by atoms with Gasteiger partial charge in [-0.25, -0.2) is 4.39 Å². The first-order valence-electron chi connectivity index (χ1n) is 7.16. The topological polar surface area (TPSA) is 59.0 Å². The first-order valence-corrected chi connectivity index (χ1v) is 7.95. The normalized spacial score (nSPS) is 17.4. The molecule has 1 unspecified atom stereocenters. The van der Waals surface area contributed by atoms with E-state index in [0.29, 0.717) is 4.47 Å². The smallest absolute Gasteiger partial charge is 0.276 e. The Balaban J connectivity index is 0.00000192. The van der Waals surface area contributed by atoms with E-state index in [0.717, 1.165) is 25.9 Å². The van der Waals surface area contributed by atoms with Crippen LogP contribution in [0.25, 0.3) is 0 Å². The van der Waals surface area contributed by atoms with Crippen LogP contribution < -0.4 is 10.6 Å². The van der Waals surface area contributed by atoms with E-state index in [1.54, 1.807) is 23.0 Å². The number of nitrogens with one attached hydrogen (secondary N) is 2. The predicted molar refractivity (Wildman–Crippen MR) is 92.7 cm³/mol. The number of carbonyl (C=O) groups excluding carboxylic acids is 1. The summed E-state index contributed by atoms with van der Waals surface area (Å²) in [7, 11) is 0. The summed E-state index contributed by atoms with van der Waals surface area (Å²) in [4.78, 5) is 12.2. The third kappa shape index (κ3) is 4.31. The highest BCUT2D eigenvalue weighted by Crippen LogP contribution is 2.21. The van der Waals surface area contributed by atoms with Crippen molar-refractivity contribution in [1.29, 1.82) is 0 Å². The Morgan fingerprint density at radius 3 is 3.00 bits per heavy atom. The molecule has 2 heterocycles. The minimum absolute atomic E-state index is 0. The van der Waals surface area contributed by atoms with Crippen molar-refractivity contribution in [2.75, 3.05) is 18.4 Å². The number of hydrogen-bond donors (Lipinski definition) is 2. The third-order valence-electron chi connectivity index (χ3n) is 3.66. The average Bonchev–Trinajstić information content (AvgIpc) is 3.02. The highest BCUT2D eigenvalue weighted by Gasteiger charge is 2.18. The Labute approximate surface area is 148 Å². The molecule has 0 saturated carbocycles. The van der Waals surface area contributed by atoms with E-state index >= 15 is 0 Å². The fraction of sp³-hybridized carbons (Fsp3) is 0.333. The van der Waals surface area contributed by atoms with Gasteiger partial charge in [0.25, 0.3) is 5.91 Å². The van der Waals surface area contributed by atoms with Gasteiger partial charge in [-0.15, -0.1) is 12.4 Å². The zero-order valence-corrected chi connectivity index (χ0v) is 14.7. The van der Waals surface area contributed by atoms with Gasteiger partial charge in [0.15, 0.2) is 5.69 Å². The molecular weight excluding hydrogens is 387 g/mol. The van der Waals surface area contributed by atoms with Crippen LogP contribution in [0, 0.1) is 5.82 Å². The van der Waals surface area contributed by atoms with Crippen molar-refractivity contribution in [2.24, 2.45) is 0 Å². The molecule has 0 bridgehead atoms. The first-order chi connectivity index (χ1) is 10.6. The molecule has 0 spiro atoms. The molecule has 5 nitrogen and oxygen atoms in total. The molecular formula is C15H17BrClFN4O. The fourth-order valence-corrected chi connectivity index (χ4v) is 2.86. The van der Waals surface area contributed by atoms with E-state index in [-0.39, 0.29) is 29.8 Å². The van der Waals surface area contributed by atoms with Crippen molar-refractivity contribution < 1.29 is 9.18 Å². The number of halogens is 3. The minimum atomic E-state index is -0.479. The summed E-state index contributed by atoms with van der Waals surface area (Å²) in [5, 5.41) is 10.2. The van der Waals surface area contributed by atoms with Gasteiger partial charge in [0.05, 0.1) is 11.7 Å². The van der Waals surface area contributed by atoms with Gasteiger partial charge < -0.3 is 10.6 Å². The van der Waals surface area contributed by atoms with Gasteiger partial charge in [-0.2, -0.15) is 5.10 Å². The summed E-state index contributed by atoms with van der Waals surface area (Å²) in [5.74, 6) is -0.896. The summed E-state index contributed by atoms with van der Waals surface area (Å²) in [5.41, 5.74) is 0.415. The van der Waals surface area contributed by atoms with Crippen LogP contribution in [0.2, 0.25) is 0 Å². The molecule has 8 heteroatoms. The van der Waals surface area contributed by atoms with Gasteiger partial charge in [0.2, 0.25) is 0 Å². The molecule has 2 N–H and O–H groups in total. The van der Waals surface area contributed by atoms with E-state index in [1.807, 2.05) is 0 Å². The van der Waals surface area contributed by atoms with Crippen molar-refractivity contribution >= 4 is 39.9 Å². The number of piperidine rings is 1. The van der Waals surface area contributed by atoms with Crippen LogP contribution in [0.1, 0.15) is 29.4 Å². The maximum absolute atomic E-state index is 13.7. The molecule has 1 fully saturated rings. The first kappa shape index (κ1) is 17.9. The Hall–Kier alpha value is -1.44. The van der Waals surface area contributed by atoms with Crippen LogP contribution in [0.15, 0.2) is 34.9 Å². The SMILES string of the molecule is Cl.O=C(Nc1cc(Br)ccc1F)c1ccn(C2CCCNC2)n1. The van der Waals surface area contributed by atoms with Crippen molar-refractivity contribution in [1.82, 2.24) is 15.1 Å². The molecule has 23 heavy (non-hydrogen) atoms. The van der Waals surface area contributed by atoms with Crippen molar-refractivity contribution in [3.63, 3.8) is 0 Å². The summed E-state index contributed by atoms with van der Waals surface area (Å²) >= 11 is 3.25. The quantitative estimate of drug-likeness (QED) is 0.826. The van der Waals surface area contributed by atoms with Gasteiger partial charge in [-0.3, -0.25) is 9.48 Å². The number of carbonyl (C=O) groups is 1. The Kier molecular flexibility index (Phi) is 6.15. The maximum Gasteiger partial charge on any atom is 0.276 e. The molecule has 3 rings (SSSR count). The number of nitrogens with zero attached hydrogens (tertiary/aromatic N) is 2. The number of benzene rings is 1. The van der Waals surface area contributed by atoms with E-state index in [4.69, 9.17) is 0 Å². The van der Waals surface area contributed by atoms with Crippen LogP contribution in [-0.4, -0.2) is 28.8 Å². The van der Waals surface area contributed by atoms with Crippen LogP contribution in [-0.2, 0) is 0 Å². The summed E-state index contributed by atoms with van der Waals surface area (Å²) in [6.45, 7) is 1.87. The Bertz CT molecular complexity index is 688. The van der Waals surface area contributed by atoms with E-state index in [9.17, 15) is 9.18 Å². The predicted octanol–water partition coefficient (Wildman–Crippen LogP) is 3.38. The number of rotatable bonds is 3. The molecule has 1 saturated heterocycles. The molecule has 1 amide bonds. The lowest BCUT2D eigenvalue weighted by Crippen LogP contribution is -2.32. The van der Waals surface area contributed by atoms with Gasteiger partial charge in [-0.1, -0.05) is 15.9 Å². The zero-order valence-electron chi connectivity index (χ0n) is 12.3. The number of hydrogen-bond acceptors (Lipinski definition) is 3. The van der Waals surface area contributed by atoms with Crippen LogP contribution in [0.3, 0.4) is 0 Å². The standard InChI is InChI=1S/C15H16BrFN4O.ClH/c16-10-3-4-12(17)14(8-10)19-15(22)13-5-7-21(20-13)11-2-1-6-18-9-11;/h3-5,7-8,11,18H,1-2,6,9H2,(H,19,22);1H. The lowest BCUT2D eigenvalue weighted by molar-refractivity contribution is 0.102. The van der Waals surface area contributed by atoms with Gasteiger partial charge in [0, 0.05) is 17.2 Å². The Morgan fingerprint density at radius 2 is 2.26 bits per heavy atom. The van der Waals surface area contributed by atoms with Gasteiger partial charge in [0.1, 0.15) is 5.82 Å². The molecule has 0 aliphatic carbocycles. The Morgan fingerprint density at radius 1 is 1.43 bits per heavy atom. The minimum Gasteiger partial charge on any atom is -0.318 e. The summed E-state index contributed by atoms with van der Waals surface area (Å²) < 4.78 is 16.2. The average molecular weight is 404 g/mol. The summed E-state index contributed by atoms with van der Waals surface area (Å²) in [6.07, 6.45) is 3.93. The molecule has 0 radical (unpaired) electrons. The summed E-state index contributed by atoms with van der Waals surface area (Å²) in [6, 6.07) is 6.31. The lowest BCUT2D eigenvalue weighted by atomic mass is 10.1. The number of anilines is 1. The van der Waals surface area contributed by atoms with Crippen LogP contribution in [0.4, 0.5) is 10.1 Å². The lowest BCUT2D eigenvalue weighted by Gasteiger charge is -2.22. The van der Waals surface area contributed by atoms with Gasteiger partial charge in [-0.05, 0) is 43.7 Å². The molecule has 1 aliphatic rings. The highest BCUT2D eigenvalue weighted by molar-refractivity contribution is 9.10. The number of amides is 1. The largest absolute Gasteiger partial charge is 0.318 e. The molecule has 124 valence electrons. The second kappa shape index (κ2) is 7.90. The van der Waals surface area contributed by atoms with E-state index in [1.165, 1.54) is 12.1 Å². The van der Waals surface area contributed by atoms with Crippen molar-refractivity contribution in [2.45, 2.75) is 18.9 Å². The maximum atomic E-state index is 13.7. The second-order valence-corrected chi connectivity index (χ2v) is 6.18. The number of aromatic nitrogens is 2. The van der Waals surface area contributed by atoms with Crippen LogP contribution >= 0.6 is 28.3 Å². The zero-order chi connectivity index (χ0) is 15.5. The van der Waals surface area contributed by atoms with E-state index in [2.05, 4.69) is 31.7 Å². The monoisotopic (exact) mass is 402 g/mol. The molecule has 2 aromatic rings. The third-order valence-corrected chi connectivity index (χ3v) is 4.16. The van der Waals surface area contributed by atoms with Crippen molar-refractivity contribution in [3.8, 4) is 0 Å². The second-order valence-electron chi connectivity index (χ2n) is 5.26. The van der Waals surface area contributed by atoms with Crippen molar-refractivity contribution in [3.05, 3.63) is 46.4 Å². The fourth-order valence-electron chi connectivity index (χ4n) is 2.50. The van der Waals surface area contributed by atoms with E-state index < -0.39 is 11.7 Å². The molecule has 1 aromatic carbocycles. The molecule has 1 aromatic heterocycles. The highest BCUT2D eigenvalue weighted by atomic mass is 79.9. The van der Waals surface area contributed by atoms with Crippen LogP contribution in [0.5, 0.6) is 0 Å². The van der Waals surface area contributed by atoms with Gasteiger partial charge >= 0.3 is 0 Å². The molecule has 1 aliphatic heterocycles.